The van der Waals surface area contributed by atoms with Gasteiger partial charge in [-0.05, 0) is 37.1 Å². The van der Waals surface area contributed by atoms with Crippen molar-refractivity contribution in [2.24, 2.45) is 0 Å². The molecule has 0 aliphatic carbocycles. The van der Waals surface area contributed by atoms with Crippen LogP contribution in [0, 0.1) is 0 Å². The zero-order valence-corrected chi connectivity index (χ0v) is 10.9. The van der Waals surface area contributed by atoms with E-state index in [2.05, 4.69) is 31.3 Å². The Kier molecular flexibility index (Phi) is 6.01. The second-order valence-corrected chi connectivity index (χ2v) is 4.36. The van der Waals surface area contributed by atoms with E-state index in [9.17, 15) is 0 Å². The van der Waals surface area contributed by atoms with Crippen molar-refractivity contribution in [3.8, 4) is 5.75 Å². The van der Waals surface area contributed by atoms with Gasteiger partial charge in [0, 0.05) is 0 Å². The highest BCUT2D eigenvalue weighted by atomic mass is 16.5. The van der Waals surface area contributed by atoms with E-state index in [1.165, 1.54) is 5.56 Å². The molecular formula is C14H23NO2. The summed E-state index contributed by atoms with van der Waals surface area (Å²) < 4.78 is 5.60. The predicted molar refractivity (Wildman–Crippen MR) is 70.6 cm³/mol. The molecule has 3 nitrogen and oxygen atoms in total. The number of aliphatic hydroxyl groups is 1. The van der Waals surface area contributed by atoms with Crippen LogP contribution in [0.4, 0.5) is 0 Å². The first-order valence-corrected chi connectivity index (χ1v) is 6.22. The quantitative estimate of drug-likeness (QED) is 0.763. The lowest BCUT2D eigenvalue weighted by Gasteiger charge is -2.15. The van der Waals surface area contributed by atoms with Crippen LogP contribution in [-0.4, -0.2) is 31.4 Å². The lowest BCUT2D eigenvalue weighted by atomic mass is 9.99. The van der Waals surface area contributed by atoms with Crippen molar-refractivity contribution >= 4 is 0 Å². The number of nitrogens with one attached hydrogen (secondary N) is 1. The Labute approximate surface area is 104 Å². The number of hydrogen-bond acceptors (Lipinski definition) is 3. The van der Waals surface area contributed by atoms with Crippen molar-refractivity contribution in [2.45, 2.75) is 32.2 Å². The third kappa shape index (κ3) is 4.36. The zero-order valence-electron chi connectivity index (χ0n) is 10.9. The van der Waals surface area contributed by atoms with Gasteiger partial charge < -0.3 is 15.2 Å². The van der Waals surface area contributed by atoms with Crippen molar-refractivity contribution in [1.82, 2.24) is 5.32 Å². The fourth-order valence-electron chi connectivity index (χ4n) is 1.55. The molecule has 0 spiro atoms. The predicted octanol–water partition coefficient (Wildman–Crippen LogP) is 2.16. The maximum Gasteiger partial charge on any atom is 0.119 e. The molecular weight excluding hydrogens is 214 g/mol. The highest BCUT2D eigenvalue weighted by Gasteiger charge is 2.06. The number of hydrogen-bond donors (Lipinski definition) is 2. The summed E-state index contributed by atoms with van der Waals surface area (Å²) >= 11 is 0. The minimum Gasteiger partial charge on any atom is -0.492 e. The van der Waals surface area contributed by atoms with Crippen LogP contribution >= 0.6 is 0 Å². The van der Waals surface area contributed by atoms with Crippen LogP contribution < -0.4 is 10.1 Å². The van der Waals surface area contributed by atoms with Gasteiger partial charge >= 0.3 is 0 Å². The van der Waals surface area contributed by atoms with Crippen LogP contribution in [0.15, 0.2) is 24.3 Å². The number of ether oxygens (including phenoxy) is 1. The molecule has 17 heavy (non-hydrogen) atoms. The third-order valence-corrected chi connectivity index (χ3v) is 3.14. The Balaban J connectivity index is 2.50. The monoisotopic (exact) mass is 237 g/mol. The van der Waals surface area contributed by atoms with Crippen molar-refractivity contribution in [1.29, 1.82) is 0 Å². The van der Waals surface area contributed by atoms with Crippen LogP contribution in [0.3, 0.4) is 0 Å². The third-order valence-electron chi connectivity index (χ3n) is 3.14. The highest BCUT2D eigenvalue weighted by Crippen LogP contribution is 2.21. The maximum absolute atomic E-state index is 9.01. The number of likely N-dealkylation sites (N-methyl/N-ethyl adjacent to an activating group) is 1. The van der Waals surface area contributed by atoms with E-state index >= 15 is 0 Å². The van der Waals surface area contributed by atoms with Gasteiger partial charge in [-0.3, -0.25) is 0 Å². The van der Waals surface area contributed by atoms with Gasteiger partial charge in [-0.1, -0.05) is 26.0 Å². The molecule has 0 heterocycles. The van der Waals surface area contributed by atoms with Crippen molar-refractivity contribution in [2.75, 3.05) is 20.3 Å². The fourth-order valence-corrected chi connectivity index (χ4v) is 1.55. The van der Waals surface area contributed by atoms with Gasteiger partial charge in [-0.2, -0.15) is 0 Å². The molecule has 2 atom stereocenters. The molecule has 2 unspecified atom stereocenters. The summed E-state index contributed by atoms with van der Waals surface area (Å²) in [4.78, 5) is 0. The number of rotatable bonds is 7. The minimum atomic E-state index is -0.00996. The molecule has 0 radical (unpaired) electrons. The van der Waals surface area contributed by atoms with Crippen LogP contribution in [-0.2, 0) is 0 Å². The standard InChI is InChI=1S/C14H23NO2/c1-4-11(2)12-5-7-14(8-6-12)17-10-13(9-16)15-3/h5-8,11,13,15-16H,4,9-10H2,1-3H3. The Morgan fingerprint density at radius 2 is 1.94 bits per heavy atom. The van der Waals surface area contributed by atoms with Gasteiger partial charge in [0.15, 0.2) is 0 Å². The molecule has 0 aromatic heterocycles. The van der Waals surface area contributed by atoms with Gasteiger partial charge in [0.05, 0.1) is 12.6 Å². The number of benzene rings is 1. The molecule has 1 aromatic carbocycles. The normalized spacial score (nSPS) is 14.4. The second-order valence-electron chi connectivity index (χ2n) is 4.36. The van der Waals surface area contributed by atoms with Gasteiger partial charge in [-0.25, -0.2) is 0 Å². The minimum absolute atomic E-state index is 0.00996. The van der Waals surface area contributed by atoms with E-state index in [1.54, 1.807) is 0 Å². The summed E-state index contributed by atoms with van der Waals surface area (Å²) in [7, 11) is 1.82. The first-order valence-electron chi connectivity index (χ1n) is 6.22. The largest absolute Gasteiger partial charge is 0.492 e. The van der Waals surface area contributed by atoms with Gasteiger partial charge in [0.25, 0.3) is 0 Å². The average Bonchev–Trinajstić information content (AvgIpc) is 2.39. The Bertz CT molecular complexity index is 307. The van der Waals surface area contributed by atoms with E-state index in [-0.39, 0.29) is 12.6 Å². The highest BCUT2D eigenvalue weighted by molar-refractivity contribution is 5.29. The molecule has 0 fully saturated rings. The summed E-state index contributed by atoms with van der Waals surface area (Å²) in [5.74, 6) is 1.44. The molecule has 3 heteroatoms. The Hall–Kier alpha value is -1.06. The van der Waals surface area contributed by atoms with E-state index in [0.717, 1.165) is 12.2 Å². The lowest BCUT2D eigenvalue weighted by molar-refractivity contribution is 0.189. The molecule has 96 valence electrons. The zero-order chi connectivity index (χ0) is 12.7. The summed E-state index contributed by atoms with van der Waals surface area (Å²) in [5, 5.41) is 12.0. The maximum atomic E-state index is 9.01. The topological polar surface area (TPSA) is 41.5 Å². The van der Waals surface area contributed by atoms with Crippen LogP contribution in [0.1, 0.15) is 31.7 Å². The molecule has 0 bridgehead atoms. The summed E-state index contributed by atoms with van der Waals surface area (Å²) in [6.07, 6.45) is 1.15. The van der Waals surface area contributed by atoms with Crippen LogP contribution in [0.2, 0.25) is 0 Å². The Morgan fingerprint density at radius 3 is 2.41 bits per heavy atom. The Morgan fingerprint density at radius 1 is 1.29 bits per heavy atom. The van der Waals surface area contributed by atoms with E-state index in [0.29, 0.717) is 12.5 Å². The molecule has 2 N–H and O–H groups in total. The molecule has 0 saturated heterocycles. The SMILES string of the molecule is CCC(C)c1ccc(OCC(CO)NC)cc1. The lowest BCUT2D eigenvalue weighted by Crippen LogP contribution is -2.34. The molecule has 0 aliphatic heterocycles. The summed E-state index contributed by atoms with van der Waals surface area (Å²) in [6, 6.07) is 8.19. The van der Waals surface area contributed by atoms with Crippen LogP contribution in [0.5, 0.6) is 5.75 Å². The van der Waals surface area contributed by atoms with Crippen molar-refractivity contribution in [3.63, 3.8) is 0 Å². The van der Waals surface area contributed by atoms with Crippen molar-refractivity contribution in [3.05, 3.63) is 29.8 Å². The smallest absolute Gasteiger partial charge is 0.119 e. The van der Waals surface area contributed by atoms with E-state index in [1.807, 2.05) is 19.2 Å². The second kappa shape index (κ2) is 7.30. The first-order chi connectivity index (χ1) is 8.21. The molecule has 1 rings (SSSR count). The van der Waals surface area contributed by atoms with Gasteiger partial charge in [0.1, 0.15) is 12.4 Å². The molecule has 0 amide bonds. The first kappa shape index (κ1) is 14.0. The van der Waals surface area contributed by atoms with Crippen LogP contribution in [0.25, 0.3) is 0 Å². The summed E-state index contributed by atoms with van der Waals surface area (Å²) in [5.41, 5.74) is 1.34. The average molecular weight is 237 g/mol. The summed E-state index contributed by atoms with van der Waals surface area (Å²) in [6.45, 7) is 4.98. The molecule has 0 aliphatic rings. The van der Waals surface area contributed by atoms with Crippen molar-refractivity contribution < 1.29 is 9.84 Å². The molecule has 1 aromatic rings. The van der Waals surface area contributed by atoms with E-state index in [4.69, 9.17) is 9.84 Å². The molecule has 0 saturated carbocycles. The fraction of sp³-hybridized carbons (Fsp3) is 0.571. The van der Waals surface area contributed by atoms with E-state index < -0.39 is 0 Å². The van der Waals surface area contributed by atoms with Gasteiger partial charge in [-0.15, -0.1) is 0 Å². The number of aliphatic hydroxyl groups excluding tert-OH is 1. The van der Waals surface area contributed by atoms with Gasteiger partial charge in [0.2, 0.25) is 0 Å².